The highest BCUT2D eigenvalue weighted by Gasteiger charge is 2.25. The lowest BCUT2D eigenvalue weighted by molar-refractivity contribution is 0.0722. The molecule has 7 heteroatoms. The minimum absolute atomic E-state index is 0.170. The summed E-state index contributed by atoms with van der Waals surface area (Å²) in [5, 5.41) is 3.85. The minimum atomic E-state index is -0.170. The Morgan fingerprint density at radius 3 is 3.14 bits per heavy atom. The Labute approximate surface area is 125 Å². The van der Waals surface area contributed by atoms with Gasteiger partial charge in [0.05, 0.1) is 12.0 Å². The van der Waals surface area contributed by atoms with E-state index in [1.54, 1.807) is 35.6 Å². The van der Waals surface area contributed by atoms with Crippen LogP contribution in [0.4, 0.5) is 0 Å². The first kappa shape index (κ1) is 12.8. The van der Waals surface area contributed by atoms with Crippen molar-refractivity contribution in [2.24, 2.45) is 0 Å². The lowest BCUT2D eigenvalue weighted by Crippen LogP contribution is -2.36. The molecule has 22 heavy (non-hydrogen) atoms. The maximum absolute atomic E-state index is 12.5. The first-order valence-corrected chi connectivity index (χ1v) is 6.89. The molecular formula is C15H12N4O3. The van der Waals surface area contributed by atoms with Gasteiger partial charge in [-0.3, -0.25) is 4.79 Å². The molecule has 0 fully saturated rings. The molecule has 0 N–H and O–H groups in total. The molecule has 0 atom stereocenters. The molecule has 0 unspecified atom stereocenters. The van der Waals surface area contributed by atoms with Crippen molar-refractivity contribution in [3.8, 4) is 11.5 Å². The third-order valence-corrected chi connectivity index (χ3v) is 3.64. The number of carbonyl (C=O) groups is 1. The van der Waals surface area contributed by atoms with Crippen LogP contribution < -0.4 is 0 Å². The molecule has 4 heterocycles. The van der Waals surface area contributed by atoms with Crippen molar-refractivity contribution >= 4 is 5.91 Å². The highest BCUT2D eigenvalue weighted by molar-refractivity contribution is 5.93. The largest absolute Gasteiger partial charge is 0.461 e. The Morgan fingerprint density at radius 1 is 1.32 bits per heavy atom. The first-order valence-electron chi connectivity index (χ1n) is 6.89. The first-order chi connectivity index (χ1) is 10.8. The van der Waals surface area contributed by atoms with Gasteiger partial charge in [0.25, 0.3) is 5.91 Å². The van der Waals surface area contributed by atoms with Gasteiger partial charge in [-0.1, -0.05) is 5.16 Å². The predicted molar refractivity (Wildman–Crippen MR) is 74.7 cm³/mol. The number of rotatable bonds is 2. The van der Waals surface area contributed by atoms with Gasteiger partial charge >= 0.3 is 0 Å². The van der Waals surface area contributed by atoms with E-state index in [0.29, 0.717) is 31.0 Å². The van der Waals surface area contributed by atoms with E-state index in [4.69, 9.17) is 8.94 Å². The van der Waals surface area contributed by atoms with Gasteiger partial charge in [0.15, 0.2) is 11.5 Å². The fourth-order valence-electron chi connectivity index (χ4n) is 2.51. The Hall–Kier alpha value is -2.96. The van der Waals surface area contributed by atoms with Gasteiger partial charge in [0.2, 0.25) is 5.76 Å². The zero-order valence-electron chi connectivity index (χ0n) is 11.6. The molecule has 1 aliphatic rings. The molecule has 3 aromatic rings. The molecule has 1 aliphatic heterocycles. The van der Waals surface area contributed by atoms with E-state index in [-0.39, 0.29) is 11.6 Å². The molecule has 0 saturated carbocycles. The summed E-state index contributed by atoms with van der Waals surface area (Å²) in [6, 6.07) is 5.10. The Balaban J connectivity index is 1.56. The van der Waals surface area contributed by atoms with Crippen LogP contribution in [0.5, 0.6) is 0 Å². The van der Waals surface area contributed by atoms with Crippen LogP contribution in [0.25, 0.3) is 11.5 Å². The van der Waals surface area contributed by atoms with E-state index in [2.05, 4.69) is 15.1 Å². The van der Waals surface area contributed by atoms with Crippen molar-refractivity contribution in [1.29, 1.82) is 0 Å². The Kier molecular flexibility index (Phi) is 2.96. The van der Waals surface area contributed by atoms with Crippen LogP contribution in [-0.2, 0) is 13.0 Å². The molecule has 0 aliphatic carbocycles. The average Bonchev–Trinajstić information content (AvgIpc) is 3.24. The number of aromatic nitrogens is 3. The number of nitrogens with zero attached hydrogens (tertiary/aromatic N) is 4. The average molecular weight is 296 g/mol. The second-order valence-electron chi connectivity index (χ2n) is 5.03. The summed E-state index contributed by atoms with van der Waals surface area (Å²) in [5.74, 6) is 0.814. The van der Waals surface area contributed by atoms with Crippen molar-refractivity contribution in [1.82, 2.24) is 20.0 Å². The van der Waals surface area contributed by atoms with E-state index in [0.717, 1.165) is 11.3 Å². The highest BCUT2D eigenvalue weighted by Crippen LogP contribution is 2.23. The van der Waals surface area contributed by atoms with Gasteiger partial charge in [-0.25, -0.2) is 9.97 Å². The number of hydrogen-bond acceptors (Lipinski definition) is 6. The summed E-state index contributed by atoms with van der Waals surface area (Å²) in [6.07, 6.45) is 5.54. The van der Waals surface area contributed by atoms with Crippen molar-refractivity contribution in [3.05, 3.63) is 53.9 Å². The lowest BCUT2D eigenvalue weighted by Gasteiger charge is -2.26. The minimum Gasteiger partial charge on any atom is -0.461 e. The number of furan rings is 1. The smallest absolute Gasteiger partial charge is 0.276 e. The van der Waals surface area contributed by atoms with Gasteiger partial charge < -0.3 is 13.8 Å². The second-order valence-corrected chi connectivity index (χ2v) is 5.03. The van der Waals surface area contributed by atoms with Crippen LogP contribution >= 0.6 is 0 Å². The van der Waals surface area contributed by atoms with Gasteiger partial charge in [0.1, 0.15) is 6.33 Å². The van der Waals surface area contributed by atoms with E-state index < -0.39 is 0 Å². The number of hydrogen-bond donors (Lipinski definition) is 0. The van der Waals surface area contributed by atoms with E-state index >= 15 is 0 Å². The maximum atomic E-state index is 12.5. The van der Waals surface area contributed by atoms with Crippen molar-refractivity contribution in [2.45, 2.75) is 13.0 Å². The monoisotopic (exact) mass is 296 g/mol. The Bertz CT molecular complexity index is 810. The number of fused-ring (bicyclic) bond motifs is 1. The SMILES string of the molecule is O=C(c1cc(-c2ccco2)on1)N1CCc2ncncc2C1. The van der Waals surface area contributed by atoms with E-state index in [1.165, 1.54) is 6.33 Å². The second kappa shape index (κ2) is 5.10. The van der Waals surface area contributed by atoms with Crippen molar-refractivity contribution in [3.63, 3.8) is 0 Å². The third-order valence-electron chi connectivity index (χ3n) is 3.64. The summed E-state index contributed by atoms with van der Waals surface area (Å²) in [4.78, 5) is 22.5. The molecule has 0 aromatic carbocycles. The molecular weight excluding hydrogens is 284 g/mol. The summed E-state index contributed by atoms with van der Waals surface area (Å²) in [7, 11) is 0. The van der Waals surface area contributed by atoms with Gasteiger partial charge in [-0.2, -0.15) is 0 Å². The van der Waals surface area contributed by atoms with Crippen LogP contribution in [-0.4, -0.2) is 32.5 Å². The quantitative estimate of drug-likeness (QED) is 0.718. The molecule has 110 valence electrons. The molecule has 0 saturated heterocycles. The zero-order chi connectivity index (χ0) is 14.9. The summed E-state index contributed by atoms with van der Waals surface area (Å²) < 4.78 is 10.4. The molecule has 1 amide bonds. The summed E-state index contributed by atoms with van der Waals surface area (Å²) in [6.45, 7) is 1.09. The molecule has 3 aromatic heterocycles. The number of carbonyl (C=O) groups excluding carboxylic acids is 1. The molecule has 0 radical (unpaired) electrons. The van der Waals surface area contributed by atoms with E-state index in [9.17, 15) is 4.79 Å². The lowest BCUT2D eigenvalue weighted by atomic mass is 10.1. The maximum Gasteiger partial charge on any atom is 0.276 e. The topological polar surface area (TPSA) is 85.3 Å². The standard InChI is InChI=1S/C15H12N4O3/c20-15(12-6-14(22-18-12)13-2-1-5-21-13)19-4-3-11-10(8-19)7-16-9-17-11/h1-2,5-7,9H,3-4,8H2. The fraction of sp³-hybridized carbons (Fsp3) is 0.200. The van der Waals surface area contributed by atoms with Crippen LogP contribution in [0.1, 0.15) is 21.7 Å². The third kappa shape index (κ3) is 2.16. The van der Waals surface area contributed by atoms with Crippen LogP contribution in [0, 0.1) is 0 Å². The predicted octanol–water partition coefficient (Wildman–Crippen LogP) is 1.92. The number of amides is 1. The normalized spacial score (nSPS) is 13.9. The fourth-order valence-corrected chi connectivity index (χ4v) is 2.51. The highest BCUT2D eigenvalue weighted by atomic mass is 16.5. The zero-order valence-corrected chi connectivity index (χ0v) is 11.6. The van der Waals surface area contributed by atoms with Crippen molar-refractivity contribution < 1.29 is 13.7 Å². The summed E-state index contributed by atoms with van der Waals surface area (Å²) in [5.41, 5.74) is 2.24. The van der Waals surface area contributed by atoms with Crippen LogP contribution in [0.3, 0.4) is 0 Å². The van der Waals surface area contributed by atoms with Crippen LogP contribution in [0.2, 0.25) is 0 Å². The van der Waals surface area contributed by atoms with Gasteiger partial charge in [-0.15, -0.1) is 0 Å². The van der Waals surface area contributed by atoms with E-state index in [1.807, 2.05) is 0 Å². The van der Waals surface area contributed by atoms with Crippen LogP contribution in [0.15, 0.2) is 45.9 Å². The van der Waals surface area contributed by atoms with Crippen molar-refractivity contribution in [2.75, 3.05) is 6.54 Å². The molecule has 7 nitrogen and oxygen atoms in total. The summed E-state index contributed by atoms with van der Waals surface area (Å²) >= 11 is 0. The Morgan fingerprint density at radius 2 is 2.27 bits per heavy atom. The molecule has 0 spiro atoms. The molecule has 0 bridgehead atoms. The molecule has 4 rings (SSSR count). The van der Waals surface area contributed by atoms with Gasteiger partial charge in [-0.05, 0) is 12.1 Å². The van der Waals surface area contributed by atoms with Gasteiger partial charge in [0, 0.05) is 37.3 Å².